The maximum Gasteiger partial charge on any atom is 0.116 e. The lowest BCUT2D eigenvalue weighted by molar-refractivity contribution is 0.166. The average molecular weight is 256 g/mol. The van der Waals surface area contributed by atoms with Gasteiger partial charge in [-0.1, -0.05) is 30.4 Å². The van der Waals surface area contributed by atoms with Gasteiger partial charge in [-0.2, -0.15) is 0 Å². The minimum absolute atomic E-state index is 0.150. The second-order valence-corrected chi connectivity index (χ2v) is 5.15. The summed E-state index contributed by atoms with van der Waals surface area (Å²) in [6.45, 7) is 1.45. The first-order chi connectivity index (χ1) is 9.34. The Bertz CT molecular complexity index is 563. The van der Waals surface area contributed by atoms with Crippen molar-refractivity contribution in [3.63, 3.8) is 0 Å². The Morgan fingerprint density at radius 1 is 1.37 bits per heavy atom. The van der Waals surface area contributed by atoms with E-state index in [0.29, 0.717) is 6.61 Å². The van der Waals surface area contributed by atoms with Crippen LogP contribution in [0.2, 0.25) is 0 Å². The first-order valence-electron chi connectivity index (χ1n) is 6.60. The molecule has 19 heavy (non-hydrogen) atoms. The third kappa shape index (κ3) is 1.76. The molecule has 4 nitrogen and oxygen atoms in total. The number of benzene rings is 1. The molecule has 3 atom stereocenters. The molecule has 0 aromatic heterocycles. The van der Waals surface area contributed by atoms with E-state index in [4.69, 9.17) is 15.3 Å². The number of epoxide rings is 1. The molecule has 98 valence electrons. The second-order valence-electron chi connectivity index (χ2n) is 5.15. The molecule has 1 saturated heterocycles. The Balaban J connectivity index is 1.67. The van der Waals surface area contributed by atoms with E-state index >= 15 is 0 Å². The molecule has 4 heteroatoms. The van der Waals surface area contributed by atoms with Crippen LogP contribution in [-0.2, 0) is 9.47 Å². The zero-order valence-electron chi connectivity index (χ0n) is 10.5. The summed E-state index contributed by atoms with van der Waals surface area (Å²) in [5, 5.41) is 1.83. The summed E-state index contributed by atoms with van der Waals surface area (Å²) in [5.41, 5.74) is 2.32. The lowest BCUT2D eigenvalue weighted by atomic mass is 9.89. The van der Waals surface area contributed by atoms with E-state index in [9.17, 15) is 0 Å². The van der Waals surface area contributed by atoms with E-state index in [2.05, 4.69) is 24.3 Å². The van der Waals surface area contributed by atoms with Crippen molar-refractivity contribution >= 4 is 5.69 Å². The van der Waals surface area contributed by atoms with E-state index < -0.39 is 0 Å². The molecule has 0 radical (unpaired) electrons. The van der Waals surface area contributed by atoms with Gasteiger partial charge in [-0.15, -0.1) is 0 Å². The largest absolute Gasteiger partial charge is 0.494 e. The molecule has 2 N–H and O–H groups in total. The van der Waals surface area contributed by atoms with E-state index in [0.717, 1.165) is 18.1 Å². The van der Waals surface area contributed by atoms with E-state index in [1.807, 2.05) is 23.2 Å². The van der Waals surface area contributed by atoms with E-state index in [1.54, 1.807) is 0 Å². The molecule has 3 unspecified atom stereocenters. The fourth-order valence-electron chi connectivity index (χ4n) is 2.88. The molecule has 1 aromatic rings. The number of hydrazine groups is 1. The fourth-order valence-corrected chi connectivity index (χ4v) is 2.88. The number of nitrogens with zero attached hydrogens (tertiary/aromatic N) is 1. The third-order valence-electron chi connectivity index (χ3n) is 3.93. The van der Waals surface area contributed by atoms with Gasteiger partial charge in [0.25, 0.3) is 0 Å². The Morgan fingerprint density at radius 2 is 2.21 bits per heavy atom. The maximum atomic E-state index is 6.21. The molecule has 0 spiro atoms. The van der Waals surface area contributed by atoms with Crippen LogP contribution in [0.15, 0.2) is 48.3 Å². The van der Waals surface area contributed by atoms with Crippen LogP contribution in [0.3, 0.4) is 0 Å². The molecule has 1 fully saturated rings. The lowest BCUT2D eigenvalue weighted by Crippen LogP contribution is -2.39. The summed E-state index contributed by atoms with van der Waals surface area (Å²) in [6.07, 6.45) is 6.47. The highest BCUT2D eigenvalue weighted by atomic mass is 16.6. The molecule has 1 aromatic carbocycles. The number of fused-ring (bicyclic) bond motifs is 3. The van der Waals surface area contributed by atoms with Gasteiger partial charge < -0.3 is 14.5 Å². The molecule has 2 aliphatic heterocycles. The summed E-state index contributed by atoms with van der Waals surface area (Å²) in [7, 11) is 0. The topological polar surface area (TPSA) is 51.0 Å². The predicted molar refractivity (Wildman–Crippen MR) is 72.6 cm³/mol. The highest BCUT2D eigenvalue weighted by molar-refractivity contribution is 5.65. The molecule has 4 rings (SSSR count). The van der Waals surface area contributed by atoms with Gasteiger partial charge in [0.2, 0.25) is 0 Å². The van der Waals surface area contributed by atoms with Crippen molar-refractivity contribution in [3.05, 3.63) is 53.8 Å². The highest BCUT2D eigenvalue weighted by Crippen LogP contribution is 2.45. The summed E-state index contributed by atoms with van der Waals surface area (Å²) in [6, 6.07) is 8.40. The van der Waals surface area contributed by atoms with Gasteiger partial charge in [0.15, 0.2) is 0 Å². The SMILES string of the molecule is NN1c2ccccc2C2C(OCC3CO3)=CC=CC21. The lowest BCUT2D eigenvalue weighted by Gasteiger charge is -2.27. The molecular weight excluding hydrogens is 240 g/mol. The van der Waals surface area contributed by atoms with Crippen LogP contribution in [0.5, 0.6) is 0 Å². The average Bonchev–Trinajstić information content (AvgIpc) is 3.24. The standard InChI is InChI=1S/C15H16N2O2/c16-17-12-5-2-1-4-11(12)15-13(17)6-3-7-14(15)19-9-10-8-18-10/h1-7,10,13,15H,8-9,16H2. The van der Waals surface area contributed by atoms with Crippen molar-refractivity contribution in [3.8, 4) is 0 Å². The van der Waals surface area contributed by atoms with Gasteiger partial charge in [-0.3, -0.25) is 0 Å². The van der Waals surface area contributed by atoms with Crippen molar-refractivity contribution in [2.45, 2.75) is 18.1 Å². The molecule has 0 bridgehead atoms. The summed E-state index contributed by atoms with van der Waals surface area (Å²) >= 11 is 0. The first-order valence-corrected chi connectivity index (χ1v) is 6.60. The van der Waals surface area contributed by atoms with Crippen LogP contribution in [0.25, 0.3) is 0 Å². The van der Waals surface area contributed by atoms with Gasteiger partial charge >= 0.3 is 0 Å². The summed E-state index contributed by atoms with van der Waals surface area (Å²) in [5.74, 6) is 7.39. The monoisotopic (exact) mass is 256 g/mol. The molecule has 2 heterocycles. The van der Waals surface area contributed by atoms with Gasteiger partial charge in [-0.05, 0) is 17.7 Å². The number of anilines is 1. The van der Waals surface area contributed by atoms with Crippen LogP contribution in [0, 0.1) is 0 Å². The Kier molecular flexibility index (Phi) is 2.40. The number of para-hydroxylation sites is 1. The van der Waals surface area contributed by atoms with Crippen molar-refractivity contribution in [1.82, 2.24) is 0 Å². The summed E-state index contributed by atoms with van der Waals surface area (Å²) in [4.78, 5) is 0. The third-order valence-corrected chi connectivity index (χ3v) is 3.93. The van der Waals surface area contributed by atoms with Crippen LogP contribution >= 0.6 is 0 Å². The van der Waals surface area contributed by atoms with Crippen molar-refractivity contribution in [2.24, 2.45) is 5.84 Å². The first kappa shape index (κ1) is 11.1. The van der Waals surface area contributed by atoms with E-state index in [-0.39, 0.29) is 18.1 Å². The molecular formula is C15H16N2O2. The van der Waals surface area contributed by atoms with Crippen molar-refractivity contribution in [1.29, 1.82) is 0 Å². The number of rotatable bonds is 3. The number of ether oxygens (including phenoxy) is 2. The maximum absolute atomic E-state index is 6.21. The van der Waals surface area contributed by atoms with Crippen LogP contribution < -0.4 is 10.9 Å². The Morgan fingerprint density at radius 3 is 3.05 bits per heavy atom. The molecule has 0 amide bonds. The van der Waals surface area contributed by atoms with Crippen molar-refractivity contribution in [2.75, 3.05) is 18.2 Å². The normalized spacial score (nSPS) is 30.7. The quantitative estimate of drug-likeness (QED) is 0.660. The van der Waals surface area contributed by atoms with E-state index in [1.165, 1.54) is 5.56 Å². The van der Waals surface area contributed by atoms with Crippen molar-refractivity contribution < 1.29 is 9.47 Å². The summed E-state index contributed by atoms with van der Waals surface area (Å²) < 4.78 is 11.1. The molecule has 0 saturated carbocycles. The smallest absolute Gasteiger partial charge is 0.116 e. The van der Waals surface area contributed by atoms with Gasteiger partial charge in [0.05, 0.1) is 24.3 Å². The molecule has 1 aliphatic carbocycles. The van der Waals surface area contributed by atoms with Gasteiger partial charge in [-0.25, -0.2) is 5.84 Å². The van der Waals surface area contributed by atoms with Crippen LogP contribution in [-0.4, -0.2) is 25.4 Å². The Hall–Kier alpha value is -1.78. The number of hydrogen-bond donors (Lipinski definition) is 1. The fraction of sp³-hybridized carbons (Fsp3) is 0.333. The minimum atomic E-state index is 0.150. The van der Waals surface area contributed by atoms with Crippen LogP contribution in [0.1, 0.15) is 11.5 Å². The molecule has 3 aliphatic rings. The van der Waals surface area contributed by atoms with Gasteiger partial charge in [0.1, 0.15) is 18.5 Å². The zero-order valence-corrected chi connectivity index (χ0v) is 10.5. The number of nitrogens with two attached hydrogens (primary N) is 1. The van der Waals surface area contributed by atoms with Crippen LogP contribution in [0.4, 0.5) is 5.69 Å². The minimum Gasteiger partial charge on any atom is -0.494 e. The number of hydrogen-bond acceptors (Lipinski definition) is 4. The van der Waals surface area contributed by atoms with Gasteiger partial charge in [0, 0.05) is 0 Å². The Labute approximate surface area is 112 Å². The highest BCUT2D eigenvalue weighted by Gasteiger charge is 2.40. The number of allylic oxidation sites excluding steroid dienone is 2. The zero-order chi connectivity index (χ0) is 12.8. The predicted octanol–water partition coefficient (Wildman–Crippen LogP) is 1.70. The second kappa shape index (κ2) is 4.11.